The second-order valence-electron chi connectivity index (χ2n) is 4.58. The highest BCUT2D eigenvalue weighted by Crippen LogP contribution is 2.34. The van der Waals surface area contributed by atoms with E-state index in [9.17, 15) is 13.2 Å². The fourth-order valence-electron chi connectivity index (χ4n) is 1.51. The lowest BCUT2D eigenvalue weighted by Gasteiger charge is -2.15. The molecule has 0 aliphatic rings. The first-order valence-corrected chi connectivity index (χ1v) is 6.53. The lowest BCUT2D eigenvalue weighted by atomic mass is 10.0. The number of nitrogens with zero attached hydrogens (tertiary/aromatic N) is 1. The first-order valence-electron chi connectivity index (χ1n) is 6.53. The Bertz CT molecular complexity index is 390. The van der Waals surface area contributed by atoms with Gasteiger partial charge >= 0.3 is 6.18 Å². The quantitative estimate of drug-likeness (QED) is 0.920. The number of pyridine rings is 1. The number of alkyl halides is 3. The van der Waals surface area contributed by atoms with Crippen LogP contribution in [0.1, 0.15) is 50.1 Å². The zero-order chi connectivity index (χ0) is 15.8. The van der Waals surface area contributed by atoms with Crippen molar-refractivity contribution in [2.75, 3.05) is 13.7 Å². The van der Waals surface area contributed by atoms with Crippen molar-refractivity contribution < 1.29 is 17.9 Å². The fraction of sp³-hybridized carbons (Fsp3) is 0.643. The molecular weight excluding hydrogens is 269 g/mol. The van der Waals surface area contributed by atoms with Crippen LogP contribution in [0.3, 0.4) is 0 Å². The molecule has 0 amide bonds. The van der Waals surface area contributed by atoms with Gasteiger partial charge in [-0.2, -0.15) is 13.2 Å². The zero-order valence-electron chi connectivity index (χ0n) is 12.4. The molecule has 1 aromatic rings. The standard InChI is InChI=1S/C10H13F3N2.C4H10O/c1-6(2)9-8(10(11,12)13)4-3-7(5-14)15-9;1-3-4-5-2/h3-4,6H,5,14H2,1-2H3;3-4H2,1-2H3. The molecule has 6 heteroatoms. The summed E-state index contributed by atoms with van der Waals surface area (Å²) in [6.07, 6.45) is -3.23. The van der Waals surface area contributed by atoms with Gasteiger partial charge in [0.2, 0.25) is 0 Å². The number of nitrogens with two attached hydrogens (primary N) is 1. The van der Waals surface area contributed by atoms with Crippen LogP contribution in [0.5, 0.6) is 0 Å². The summed E-state index contributed by atoms with van der Waals surface area (Å²) < 4.78 is 42.4. The summed E-state index contributed by atoms with van der Waals surface area (Å²) in [6.45, 7) is 6.48. The van der Waals surface area contributed by atoms with Crippen molar-refractivity contribution in [1.82, 2.24) is 4.98 Å². The molecule has 0 aliphatic carbocycles. The summed E-state index contributed by atoms with van der Waals surface area (Å²) >= 11 is 0. The molecule has 0 aliphatic heterocycles. The molecule has 20 heavy (non-hydrogen) atoms. The molecule has 0 unspecified atom stereocenters. The van der Waals surface area contributed by atoms with Gasteiger partial charge in [0.25, 0.3) is 0 Å². The topological polar surface area (TPSA) is 48.1 Å². The fourth-order valence-corrected chi connectivity index (χ4v) is 1.51. The predicted octanol–water partition coefficient (Wildman–Crippen LogP) is 3.73. The Balaban J connectivity index is 0.000000621. The number of aromatic nitrogens is 1. The second-order valence-corrected chi connectivity index (χ2v) is 4.58. The number of ether oxygens (including phenoxy) is 1. The normalized spacial score (nSPS) is 11.2. The van der Waals surface area contributed by atoms with Crippen molar-refractivity contribution in [2.45, 2.75) is 45.8 Å². The largest absolute Gasteiger partial charge is 0.418 e. The average molecular weight is 292 g/mol. The summed E-state index contributed by atoms with van der Waals surface area (Å²) in [5.41, 5.74) is 5.20. The van der Waals surface area contributed by atoms with E-state index in [-0.39, 0.29) is 18.2 Å². The van der Waals surface area contributed by atoms with Gasteiger partial charge in [-0.3, -0.25) is 4.98 Å². The summed E-state index contributed by atoms with van der Waals surface area (Å²) in [5.74, 6) is -0.270. The Kier molecular flexibility index (Phi) is 8.41. The van der Waals surface area contributed by atoms with Crippen molar-refractivity contribution in [1.29, 1.82) is 0 Å². The number of methoxy groups -OCH3 is 1. The van der Waals surface area contributed by atoms with Gasteiger partial charge in [-0.1, -0.05) is 20.8 Å². The third-order valence-electron chi connectivity index (χ3n) is 2.45. The van der Waals surface area contributed by atoms with Crippen LogP contribution in [-0.4, -0.2) is 18.7 Å². The highest BCUT2D eigenvalue weighted by Gasteiger charge is 2.34. The molecule has 0 spiro atoms. The van der Waals surface area contributed by atoms with E-state index in [1.54, 1.807) is 21.0 Å². The third kappa shape index (κ3) is 6.34. The number of rotatable bonds is 4. The van der Waals surface area contributed by atoms with E-state index in [2.05, 4.69) is 11.9 Å². The third-order valence-corrected chi connectivity index (χ3v) is 2.45. The first-order chi connectivity index (χ1) is 9.27. The van der Waals surface area contributed by atoms with Crippen LogP contribution in [0.4, 0.5) is 13.2 Å². The van der Waals surface area contributed by atoms with Gasteiger partial charge in [0.1, 0.15) is 0 Å². The molecule has 116 valence electrons. The molecule has 0 saturated heterocycles. The SMILES string of the molecule is CC(C)c1nc(CN)ccc1C(F)(F)F.CCCOC. The predicted molar refractivity (Wildman–Crippen MR) is 73.4 cm³/mol. The minimum Gasteiger partial charge on any atom is -0.385 e. The summed E-state index contributed by atoms with van der Waals surface area (Å²) in [6, 6.07) is 2.36. The van der Waals surface area contributed by atoms with Gasteiger partial charge in [-0.05, 0) is 24.5 Å². The van der Waals surface area contributed by atoms with Gasteiger partial charge in [0.15, 0.2) is 0 Å². The maximum atomic E-state index is 12.6. The molecule has 0 saturated carbocycles. The molecule has 0 bridgehead atoms. The van der Waals surface area contributed by atoms with E-state index in [0.29, 0.717) is 5.69 Å². The molecule has 1 aromatic heterocycles. The highest BCUT2D eigenvalue weighted by atomic mass is 19.4. The zero-order valence-corrected chi connectivity index (χ0v) is 12.4. The smallest absolute Gasteiger partial charge is 0.385 e. The Morgan fingerprint density at radius 3 is 2.20 bits per heavy atom. The molecule has 3 nitrogen and oxygen atoms in total. The van der Waals surface area contributed by atoms with Gasteiger partial charge in [-0.25, -0.2) is 0 Å². The van der Waals surface area contributed by atoms with Crippen LogP contribution in [0.25, 0.3) is 0 Å². The van der Waals surface area contributed by atoms with Gasteiger partial charge < -0.3 is 10.5 Å². The molecule has 0 radical (unpaired) electrons. The van der Waals surface area contributed by atoms with Crippen molar-refractivity contribution in [3.63, 3.8) is 0 Å². The van der Waals surface area contributed by atoms with Gasteiger partial charge in [0.05, 0.1) is 17.0 Å². The van der Waals surface area contributed by atoms with Crippen LogP contribution in [0, 0.1) is 0 Å². The Labute approximate surface area is 118 Å². The van der Waals surface area contributed by atoms with E-state index in [1.807, 2.05) is 0 Å². The van der Waals surface area contributed by atoms with E-state index in [0.717, 1.165) is 19.1 Å². The van der Waals surface area contributed by atoms with E-state index >= 15 is 0 Å². The number of hydrogen-bond donors (Lipinski definition) is 1. The molecule has 2 N–H and O–H groups in total. The second kappa shape index (κ2) is 8.92. The minimum atomic E-state index is -4.35. The van der Waals surface area contributed by atoms with Crippen molar-refractivity contribution >= 4 is 0 Å². The van der Waals surface area contributed by atoms with E-state index in [4.69, 9.17) is 10.5 Å². The monoisotopic (exact) mass is 292 g/mol. The molecule has 0 aromatic carbocycles. The van der Waals surface area contributed by atoms with Crippen molar-refractivity contribution in [3.8, 4) is 0 Å². The van der Waals surface area contributed by atoms with Crippen LogP contribution in [0.15, 0.2) is 12.1 Å². The molecule has 0 atom stereocenters. The lowest BCUT2D eigenvalue weighted by Crippen LogP contribution is -2.14. The maximum Gasteiger partial charge on any atom is 0.418 e. The molecule has 1 rings (SSSR count). The van der Waals surface area contributed by atoms with Gasteiger partial charge in [0, 0.05) is 20.3 Å². The molecule has 1 heterocycles. The van der Waals surface area contributed by atoms with Crippen LogP contribution < -0.4 is 5.73 Å². The van der Waals surface area contributed by atoms with Crippen molar-refractivity contribution in [3.05, 3.63) is 29.1 Å². The van der Waals surface area contributed by atoms with Crippen LogP contribution >= 0.6 is 0 Å². The lowest BCUT2D eigenvalue weighted by molar-refractivity contribution is -0.138. The Hall–Kier alpha value is -1.14. The van der Waals surface area contributed by atoms with E-state index < -0.39 is 11.7 Å². The van der Waals surface area contributed by atoms with Crippen LogP contribution in [0.2, 0.25) is 0 Å². The Morgan fingerprint density at radius 1 is 1.30 bits per heavy atom. The maximum absolute atomic E-state index is 12.6. The van der Waals surface area contributed by atoms with Crippen LogP contribution in [-0.2, 0) is 17.5 Å². The van der Waals surface area contributed by atoms with E-state index in [1.165, 1.54) is 6.07 Å². The number of hydrogen-bond acceptors (Lipinski definition) is 3. The minimum absolute atomic E-state index is 0.0606. The highest BCUT2D eigenvalue weighted by molar-refractivity contribution is 5.28. The number of halogens is 3. The summed E-state index contributed by atoms with van der Waals surface area (Å²) in [4.78, 5) is 3.91. The van der Waals surface area contributed by atoms with Gasteiger partial charge in [-0.15, -0.1) is 0 Å². The first kappa shape index (κ1) is 18.9. The molecular formula is C14H23F3N2O. The summed E-state index contributed by atoms with van der Waals surface area (Å²) in [5, 5.41) is 0. The summed E-state index contributed by atoms with van der Waals surface area (Å²) in [7, 11) is 1.71. The Morgan fingerprint density at radius 2 is 1.90 bits per heavy atom. The average Bonchev–Trinajstić information content (AvgIpc) is 2.38. The molecule has 0 fully saturated rings. The van der Waals surface area contributed by atoms with Crippen molar-refractivity contribution in [2.24, 2.45) is 5.73 Å².